The lowest BCUT2D eigenvalue weighted by Crippen LogP contribution is -2.49. The predicted molar refractivity (Wildman–Crippen MR) is 120 cm³/mol. The maximum Gasteiger partial charge on any atom is 0.222 e. The van der Waals surface area contributed by atoms with E-state index >= 15 is 0 Å². The van der Waals surface area contributed by atoms with Crippen LogP contribution >= 0.6 is 0 Å². The number of ether oxygens (including phenoxy) is 1. The first-order valence-corrected chi connectivity index (χ1v) is 11.1. The number of aryl methyl sites for hydroxylation is 1. The summed E-state index contributed by atoms with van der Waals surface area (Å²) in [4.78, 5) is 18.9. The van der Waals surface area contributed by atoms with E-state index in [1.807, 2.05) is 19.2 Å². The van der Waals surface area contributed by atoms with E-state index < -0.39 is 0 Å². The Balaban J connectivity index is 1.31. The van der Waals surface area contributed by atoms with Crippen LogP contribution in [-0.4, -0.2) is 34.0 Å². The fourth-order valence-corrected chi connectivity index (χ4v) is 5.32. The van der Waals surface area contributed by atoms with Gasteiger partial charge in [0, 0.05) is 42.9 Å². The summed E-state index contributed by atoms with van der Waals surface area (Å²) in [6.07, 6.45) is 6.76. The summed E-state index contributed by atoms with van der Waals surface area (Å²) in [7, 11) is 0. The molecule has 0 saturated carbocycles. The molecule has 1 aromatic heterocycles. The topological polar surface area (TPSA) is 42.4 Å². The van der Waals surface area contributed by atoms with Crippen LogP contribution in [-0.2, 0) is 4.79 Å². The number of hydrogen-bond donors (Lipinski definition) is 0. The first-order chi connectivity index (χ1) is 14.6. The molecule has 3 heterocycles. The van der Waals surface area contributed by atoms with E-state index in [1.54, 1.807) is 0 Å². The fraction of sp³-hybridized carbons (Fsp3) is 0.385. The molecule has 30 heavy (non-hydrogen) atoms. The normalized spacial score (nSPS) is 23.0. The Labute approximate surface area is 177 Å². The van der Waals surface area contributed by atoms with Gasteiger partial charge in [0.2, 0.25) is 5.91 Å². The molecule has 0 aliphatic carbocycles. The van der Waals surface area contributed by atoms with Crippen LogP contribution in [0.15, 0.2) is 54.7 Å². The van der Waals surface area contributed by atoms with Crippen molar-refractivity contribution in [1.82, 2.24) is 9.88 Å². The molecule has 4 nitrogen and oxygen atoms in total. The average Bonchev–Trinajstić information content (AvgIpc) is 3.05. The number of aromatic nitrogens is 1. The summed E-state index contributed by atoms with van der Waals surface area (Å²) < 4.78 is 6.34. The summed E-state index contributed by atoms with van der Waals surface area (Å²) in [5, 5.41) is 1.17. The Bertz CT molecular complexity index is 1060. The molecule has 2 fully saturated rings. The van der Waals surface area contributed by atoms with Gasteiger partial charge in [-0.3, -0.25) is 9.78 Å². The third-order valence-electron chi connectivity index (χ3n) is 6.78. The van der Waals surface area contributed by atoms with Gasteiger partial charge in [-0.25, -0.2) is 0 Å². The van der Waals surface area contributed by atoms with E-state index in [2.05, 4.69) is 59.3 Å². The van der Waals surface area contributed by atoms with Gasteiger partial charge in [0.25, 0.3) is 0 Å². The lowest BCUT2D eigenvalue weighted by molar-refractivity contribution is -0.136. The average molecular weight is 401 g/mol. The Morgan fingerprint density at radius 3 is 2.50 bits per heavy atom. The minimum atomic E-state index is 0.195. The summed E-state index contributed by atoms with van der Waals surface area (Å²) >= 11 is 0. The van der Waals surface area contributed by atoms with Gasteiger partial charge in [0.1, 0.15) is 11.9 Å². The number of hydrogen-bond acceptors (Lipinski definition) is 3. The first-order valence-electron chi connectivity index (χ1n) is 11.1. The lowest BCUT2D eigenvalue weighted by atomic mass is 9.97. The van der Waals surface area contributed by atoms with Crippen LogP contribution in [0.2, 0.25) is 0 Å². The Morgan fingerprint density at radius 1 is 1.07 bits per heavy atom. The van der Waals surface area contributed by atoms with E-state index in [1.165, 1.54) is 22.1 Å². The van der Waals surface area contributed by atoms with Crippen LogP contribution in [0, 0.1) is 6.92 Å². The third kappa shape index (κ3) is 3.34. The molecular weight excluding hydrogens is 372 g/mol. The standard InChI is InChI=1S/C26H28N2O2/c1-3-25(29)28-20-9-10-21(28)16-23(15-20)30-22-11-6-18(7-12-22)24-13-8-19-5-4-14-27-26(19)17(24)2/h4-8,11-14,20-21,23H,3,9-10,15-16H2,1-2H3/t20-,21?,23?/m1/s1. The summed E-state index contributed by atoms with van der Waals surface area (Å²) in [5.74, 6) is 1.21. The molecule has 2 aliphatic heterocycles. The molecule has 2 unspecified atom stereocenters. The Hall–Kier alpha value is -2.88. The number of carbonyl (C=O) groups excluding carboxylic acids is 1. The van der Waals surface area contributed by atoms with Gasteiger partial charge in [0.15, 0.2) is 0 Å². The molecule has 0 radical (unpaired) electrons. The smallest absolute Gasteiger partial charge is 0.222 e. The van der Waals surface area contributed by atoms with Crippen molar-refractivity contribution in [2.75, 3.05) is 0 Å². The van der Waals surface area contributed by atoms with Crippen LogP contribution < -0.4 is 4.74 Å². The van der Waals surface area contributed by atoms with Crippen molar-refractivity contribution < 1.29 is 9.53 Å². The molecule has 154 valence electrons. The highest BCUT2D eigenvalue weighted by Gasteiger charge is 2.43. The second kappa shape index (κ2) is 7.75. The monoisotopic (exact) mass is 400 g/mol. The largest absolute Gasteiger partial charge is 0.490 e. The molecule has 5 rings (SSSR count). The summed E-state index contributed by atoms with van der Waals surface area (Å²) in [6.45, 7) is 4.09. The Morgan fingerprint density at radius 2 is 1.80 bits per heavy atom. The molecular formula is C26H28N2O2. The first kappa shape index (κ1) is 19.1. The molecule has 2 saturated heterocycles. The zero-order valence-electron chi connectivity index (χ0n) is 17.7. The Kier molecular flexibility index (Phi) is 4.93. The second-order valence-electron chi connectivity index (χ2n) is 8.59. The minimum Gasteiger partial charge on any atom is -0.490 e. The second-order valence-corrected chi connectivity index (χ2v) is 8.59. The SMILES string of the molecule is CCC(=O)N1C2CC[C@@H]1CC(Oc1ccc(-c3ccc4cccnc4c3C)cc1)C2. The van der Waals surface area contributed by atoms with Crippen LogP contribution in [0.3, 0.4) is 0 Å². The van der Waals surface area contributed by atoms with Crippen molar-refractivity contribution in [3.8, 4) is 16.9 Å². The molecule has 0 N–H and O–H groups in total. The number of benzene rings is 2. The van der Waals surface area contributed by atoms with Crippen LogP contribution in [0.4, 0.5) is 0 Å². The molecule has 2 aromatic carbocycles. The summed E-state index contributed by atoms with van der Waals surface area (Å²) in [5.41, 5.74) is 4.64. The number of pyridine rings is 1. The number of nitrogens with zero attached hydrogens (tertiary/aromatic N) is 2. The van der Waals surface area contributed by atoms with Gasteiger partial charge < -0.3 is 9.64 Å². The molecule has 3 aromatic rings. The van der Waals surface area contributed by atoms with Gasteiger partial charge in [-0.05, 0) is 54.7 Å². The molecule has 4 heteroatoms. The van der Waals surface area contributed by atoms with Gasteiger partial charge in [0.05, 0.1) is 5.52 Å². The van der Waals surface area contributed by atoms with E-state index in [0.717, 1.165) is 36.9 Å². The van der Waals surface area contributed by atoms with E-state index in [0.29, 0.717) is 24.4 Å². The van der Waals surface area contributed by atoms with Crippen LogP contribution in [0.1, 0.15) is 44.6 Å². The van der Waals surface area contributed by atoms with E-state index in [9.17, 15) is 4.79 Å². The number of rotatable bonds is 4. The predicted octanol–water partition coefficient (Wildman–Crippen LogP) is 5.52. The maximum absolute atomic E-state index is 12.3. The summed E-state index contributed by atoms with van der Waals surface area (Å²) in [6, 6.07) is 17.5. The highest BCUT2D eigenvalue weighted by Crippen LogP contribution is 2.38. The van der Waals surface area contributed by atoms with Crippen molar-refractivity contribution in [2.24, 2.45) is 0 Å². The van der Waals surface area contributed by atoms with Crippen molar-refractivity contribution in [3.63, 3.8) is 0 Å². The third-order valence-corrected chi connectivity index (χ3v) is 6.78. The van der Waals surface area contributed by atoms with Gasteiger partial charge in [-0.15, -0.1) is 0 Å². The van der Waals surface area contributed by atoms with E-state index in [4.69, 9.17) is 4.74 Å². The number of amides is 1. The molecule has 2 bridgehead atoms. The highest BCUT2D eigenvalue weighted by atomic mass is 16.5. The lowest BCUT2D eigenvalue weighted by Gasteiger charge is -2.38. The minimum absolute atomic E-state index is 0.195. The van der Waals surface area contributed by atoms with Crippen LogP contribution in [0.25, 0.3) is 22.0 Å². The van der Waals surface area contributed by atoms with Crippen molar-refractivity contribution >= 4 is 16.8 Å². The van der Waals surface area contributed by atoms with Gasteiger partial charge in [-0.2, -0.15) is 0 Å². The number of fused-ring (bicyclic) bond motifs is 3. The fourth-order valence-electron chi connectivity index (χ4n) is 5.32. The molecule has 0 spiro atoms. The quantitative estimate of drug-likeness (QED) is 0.579. The van der Waals surface area contributed by atoms with E-state index in [-0.39, 0.29) is 6.10 Å². The number of carbonyl (C=O) groups is 1. The maximum atomic E-state index is 12.3. The van der Waals surface area contributed by atoms with Crippen LogP contribution in [0.5, 0.6) is 5.75 Å². The number of piperidine rings is 1. The van der Waals surface area contributed by atoms with Crippen molar-refractivity contribution in [1.29, 1.82) is 0 Å². The molecule has 1 amide bonds. The molecule has 2 aliphatic rings. The zero-order valence-corrected chi connectivity index (χ0v) is 17.7. The molecule has 3 atom stereocenters. The zero-order chi connectivity index (χ0) is 20.7. The van der Waals surface area contributed by atoms with Gasteiger partial charge >= 0.3 is 0 Å². The van der Waals surface area contributed by atoms with Gasteiger partial charge in [-0.1, -0.05) is 37.3 Å². The van der Waals surface area contributed by atoms with Crippen molar-refractivity contribution in [3.05, 3.63) is 60.3 Å². The van der Waals surface area contributed by atoms with Crippen molar-refractivity contribution in [2.45, 2.75) is 64.1 Å². The highest BCUT2D eigenvalue weighted by molar-refractivity contribution is 5.88.